The number of nitrogens with zero attached hydrogens (tertiary/aromatic N) is 3. The molecule has 3 N–H and O–H groups in total. The van der Waals surface area contributed by atoms with Crippen LogP contribution in [0.3, 0.4) is 0 Å². The maximum absolute atomic E-state index is 11.8. The number of nitrogens with one attached hydrogen (secondary N) is 3. The molecule has 1 aromatic carbocycles. The van der Waals surface area contributed by atoms with E-state index in [1.165, 1.54) is 16.9 Å². The first-order valence-corrected chi connectivity index (χ1v) is 8.54. The number of urea groups is 1. The topological polar surface area (TPSA) is 105 Å². The van der Waals surface area contributed by atoms with Crippen molar-refractivity contribution in [1.29, 1.82) is 0 Å². The third-order valence-corrected chi connectivity index (χ3v) is 4.12. The molecule has 2 heterocycles. The van der Waals surface area contributed by atoms with Gasteiger partial charge in [-0.25, -0.2) is 9.78 Å². The normalized spacial score (nSPS) is 10.4. The van der Waals surface area contributed by atoms with Crippen molar-refractivity contribution in [2.24, 2.45) is 0 Å². The molecule has 3 aromatic rings. The van der Waals surface area contributed by atoms with Crippen LogP contribution in [0, 0.1) is 6.92 Å². The van der Waals surface area contributed by atoms with Gasteiger partial charge in [-0.05, 0) is 19.1 Å². The number of benzene rings is 1. The number of anilines is 1. The minimum absolute atomic E-state index is 0.309. The van der Waals surface area contributed by atoms with Gasteiger partial charge in [0.25, 0.3) is 0 Å². The summed E-state index contributed by atoms with van der Waals surface area (Å²) in [5.74, 6) is 0.770. The SMILES string of the molecule is Cc1ccc(OCc2nnc(NC(=O)NCCc3cnc[nH]3)s2)cc1. The molecule has 130 valence electrons. The minimum Gasteiger partial charge on any atom is -0.486 e. The fourth-order valence-electron chi connectivity index (χ4n) is 2.02. The molecule has 8 nitrogen and oxygen atoms in total. The Balaban J connectivity index is 1.41. The van der Waals surface area contributed by atoms with Crippen molar-refractivity contribution >= 4 is 22.5 Å². The molecule has 9 heteroatoms. The lowest BCUT2D eigenvalue weighted by atomic mass is 10.2. The molecular formula is C16H18N6O2S. The highest BCUT2D eigenvalue weighted by molar-refractivity contribution is 7.15. The molecule has 0 aliphatic rings. The van der Waals surface area contributed by atoms with Crippen LogP contribution < -0.4 is 15.4 Å². The van der Waals surface area contributed by atoms with E-state index in [9.17, 15) is 4.79 Å². The molecule has 0 unspecified atom stereocenters. The lowest BCUT2D eigenvalue weighted by Crippen LogP contribution is -2.30. The molecule has 0 radical (unpaired) electrons. The number of H-pyrrole nitrogens is 1. The van der Waals surface area contributed by atoms with Crippen molar-refractivity contribution in [3.8, 4) is 5.75 Å². The number of carbonyl (C=O) groups excluding carboxylic acids is 1. The smallest absolute Gasteiger partial charge is 0.321 e. The van der Waals surface area contributed by atoms with Gasteiger partial charge in [-0.1, -0.05) is 29.0 Å². The zero-order chi connectivity index (χ0) is 17.5. The average Bonchev–Trinajstić information content (AvgIpc) is 3.26. The summed E-state index contributed by atoms with van der Waals surface area (Å²) >= 11 is 1.28. The molecule has 0 bridgehead atoms. The Morgan fingerprint density at radius 2 is 2.12 bits per heavy atom. The van der Waals surface area contributed by atoms with Gasteiger partial charge in [-0.3, -0.25) is 5.32 Å². The molecule has 0 saturated heterocycles. The number of aromatic nitrogens is 4. The van der Waals surface area contributed by atoms with Crippen LogP contribution in [0.1, 0.15) is 16.3 Å². The summed E-state index contributed by atoms with van der Waals surface area (Å²) in [5.41, 5.74) is 2.14. The van der Waals surface area contributed by atoms with E-state index in [0.29, 0.717) is 29.7 Å². The van der Waals surface area contributed by atoms with Gasteiger partial charge in [0.05, 0.1) is 6.33 Å². The Hall–Kier alpha value is -2.94. The van der Waals surface area contributed by atoms with Gasteiger partial charge in [0, 0.05) is 24.9 Å². The minimum atomic E-state index is -0.318. The number of imidazole rings is 1. The molecule has 0 saturated carbocycles. The molecule has 0 spiro atoms. The predicted molar refractivity (Wildman–Crippen MR) is 94.7 cm³/mol. The van der Waals surface area contributed by atoms with E-state index in [-0.39, 0.29) is 6.03 Å². The Labute approximate surface area is 148 Å². The maximum Gasteiger partial charge on any atom is 0.321 e. The van der Waals surface area contributed by atoms with Crippen LogP contribution >= 0.6 is 11.3 Å². The van der Waals surface area contributed by atoms with Crippen LogP contribution in [0.2, 0.25) is 0 Å². The van der Waals surface area contributed by atoms with Crippen molar-refractivity contribution in [1.82, 2.24) is 25.5 Å². The number of rotatable bonds is 7. The van der Waals surface area contributed by atoms with E-state index in [1.54, 1.807) is 12.5 Å². The molecular weight excluding hydrogens is 340 g/mol. The van der Waals surface area contributed by atoms with Crippen molar-refractivity contribution in [3.63, 3.8) is 0 Å². The number of amides is 2. The van der Waals surface area contributed by atoms with Gasteiger partial charge in [-0.2, -0.15) is 0 Å². The molecule has 0 fully saturated rings. The van der Waals surface area contributed by atoms with Gasteiger partial charge in [-0.15, -0.1) is 10.2 Å². The Kier molecular flexibility index (Phi) is 5.57. The second-order valence-corrected chi connectivity index (χ2v) is 6.37. The Bertz CT molecular complexity index is 800. The van der Waals surface area contributed by atoms with E-state index < -0.39 is 0 Å². The quantitative estimate of drug-likeness (QED) is 0.602. The van der Waals surface area contributed by atoms with Gasteiger partial charge < -0.3 is 15.0 Å². The predicted octanol–water partition coefficient (Wildman–Crippen LogP) is 2.51. The van der Waals surface area contributed by atoms with E-state index in [2.05, 4.69) is 30.8 Å². The summed E-state index contributed by atoms with van der Waals surface area (Å²) in [6, 6.07) is 7.46. The van der Waals surface area contributed by atoms with Crippen LogP contribution in [0.15, 0.2) is 36.8 Å². The monoisotopic (exact) mass is 358 g/mol. The number of hydrogen-bond donors (Lipinski definition) is 3. The first kappa shape index (κ1) is 16.9. The Morgan fingerprint density at radius 3 is 2.88 bits per heavy atom. The third kappa shape index (κ3) is 5.28. The molecule has 25 heavy (non-hydrogen) atoms. The third-order valence-electron chi connectivity index (χ3n) is 3.31. The molecule has 3 rings (SSSR count). The summed E-state index contributed by atoms with van der Waals surface area (Å²) in [7, 11) is 0. The van der Waals surface area contributed by atoms with Gasteiger partial charge in [0.2, 0.25) is 5.13 Å². The van der Waals surface area contributed by atoms with Crippen LogP contribution in [0.25, 0.3) is 0 Å². The summed E-state index contributed by atoms with van der Waals surface area (Å²) in [6.45, 7) is 2.83. The number of aromatic amines is 1. The van der Waals surface area contributed by atoms with Gasteiger partial charge in [0.15, 0.2) is 5.01 Å². The summed E-state index contributed by atoms with van der Waals surface area (Å²) < 4.78 is 5.64. The van der Waals surface area contributed by atoms with Crippen molar-refractivity contribution in [2.45, 2.75) is 20.0 Å². The number of hydrogen-bond acceptors (Lipinski definition) is 6. The van der Waals surface area contributed by atoms with Crippen molar-refractivity contribution < 1.29 is 9.53 Å². The summed E-state index contributed by atoms with van der Waals surface area (Å²) in [4.78, 5) is 18.7. The van der Waals surface area contributed by atoms with E-state index in [1.807, 2.05) is 31.2 Å². The van der Waals surface area contributed by atoms with Crippen LogP contribution in [-0.2, 0) is 13.0 Å². The lowest BCUT2D eigenvalue weighted by molar-refractivity contribution is 0.252. The molecule has 0 aliphatic heterocycles. The molecule has 2 aromatic heterocycles. The van der Waals surface area contributed by atoms with Crippen LogP contribution in [0.5, 0.6) is 5.75 Å². The maximum atomic E-state index is 11.8. The number of aryl methyl sites for hydroxylation is 1. The van der Waals surface area contributed by atoms with Crippen molar-refractivity contribution in [3.05, 3.63) is 53.1 Å². The fourth-order valence-corrected chi connectivity index (χ4v) is 2.66. The van der Waals surface area contributed by atoms with Gasteiger partial charge in [0.1, 0.15) is 12.4 Å². The highest BCUT2D eigenvalue weighted by Gasteiger charge is 2.08. The average molecular weight is 358 g/mol. The largest absolute Gasteiger partial charge is 0.486 e. The summed E-state index contributed by atoms with van der Waals surface area (Å²) in [6.07, 6.45) is 4.01. The van der Waals surface area contributed by atoms with E-state index in [0.717, 1.165) is 11.4 Å². The van der Waals surface area contributed by atoms with Crippen LogP contribution in [-0.4, -0.2) is 32.7 Å². The first-order chi connectivity index (χ1) is 12.2. The first-order valence-electron chi connectivity index (χ1n) is 7.73. The number of ether oxygens (including phenoxy) is 1. The highest BCUT2D eigenvalue weighted by atomic mass is 32.1. The second-order valence-electron chi connectivity index (χ2n) is 5.31. The zero-order valence-corrected chi connectivity index (χ0v) is 14.5. The van der Waals surface area contributed by atoms with E-state index >= 15 is 0 Å². The number of carbonyl (C=O) groups is 1. The van der Waals surface area contributed by atoms with Gasteiger partial charge >= 0.3 is 6.03 Å². The lowest BCUT2D eigenvalue weighted by Gasteiger charge is -2.04. The van der Waals surface area contributed by atoms with Crippen LogP contribution in [0.4, 0.5) is 9.93 Å². The van der Waals surface area contributed by atoms with E-state index in [4.69, 9.17) is 4.74 Å². The fraction of sp³-hybridized carbons (Fsp3) is 0.250. The zero-order valence-electron chi connectivity index (χ0n) is 13.7. The highest BCUT2D eigenvalue weighted by Crippen LogP contribution is 2.18. The molecule has 0 aliphatic carbocycles. The molecule has 2 amide bonds. The summed E-state index contributed by atoms with van der Waals surface area (Å²) in [5, 5.41) is 14.5. The van der Waals surface area contributed by atoms with Crippen molar-refractivity contribution in [2.75, 3.05) is 11.9 Å². The second kappa shape index (κ2) is 8.25. The molecule has 0 atom stereocenters. The Morgan fingerprint density at radius 1 is 1.28 bits per heavy atom. The standard InChI is InChI=1S/C16H18N6O2S/c1-11-2-4-13(5-3-11)24-9-14-21-22-16(25-14)20-15(23)18-7-6-12-8-17-10-19-12/h2-5,8,10H,6-7,9H2,1H3,(H,17,19)(H2,18,20,22,23).